The van der Waals surface area contributed by atoms with Crippen molar-refractivity contribution in [3.05, 3.63) is 53.2 Å². The first-order valence-electron chi connectivity index (χ1n) is 9.84. The fourth-order valence-corrected chi connectivity index (χ4v) is 4.54. The van der Waals surface area contributed by atoms with Gasteiger partial charge in [0.2, 0.25) is 0 Å². The predicted octanol–water partition coefficient (Wildman–Crippen LogP) is 3.13. The summed E-state index contributed by atoms with van der Waals surface area (Å²) in [5, 5.41) is 12.1. The summed E-state index contributed by atoms with van der Waals surface area (Å²) in [5.41, 5.74) is 5.26. The average Bonchev–Trinajstić information content (AvgIpc) is 3.35. The van der Waals surface area contributed by atoms with E-state index in [4.69, 9.17) is 31.5 Å². The second-order valence-electron chi connectivity index (χ2n) is 8.51. The molecule has 2 saturated heterocycles. The zero-order valence-corrected chi connectivity index (χ0v) is 17.9. The van der Waals surface area contributed by atoms with Gasteiger partial charge in [0.1, 0.15) is 47.5 Å². The standard InChI is InChI=1S/C21H22ClFN4O4/c1-20(2)30-14-15(31-20)19(27-7-6-11-17(24)25-9-26-18(11)27)29-16(14)21(3,28)10-4-5-12(22)13(23)8-10/h4-9,14-16,19,28H,1-3H3,(H2,24,25,26)/t14-,15?,16-,19+,21-/m0/s1. The molecule has 164 valence electrons. The van der Waals surface area contributed by atoms with Crippen molar-refractivity contribution in [2.24, 2.45) is 0 Å². The summed E-state index contributed by atoms with van der Waals surface area (Å²) in [6, 6.07) is 5.97. The lowest BCUT2D eigenvalue weighted by molar-refractivity contribution is -0.221. The third kappa shape index (κ3) is 3.19. The maximum atomic E-state index is 14.1. The lowest BCUT2D eigenvalue weighted by Gasteiger charge is -2.34. The smallest absolute Gasteiger partial charge is 0.164 e. The SMILES string of the molecule is CC1(C)OC2[C@H](n3ccc4c(N)ncnc43)O[C@H]([C@@](C)(O)c3ccc(Cl)c(F)c3)[C@H]2O1. The molecule has 0 spiro atoms. The third-order valence-electron chi connectivity index (χ3n) is 5.90. The van der Waals surface area contributed by atoms with Crippen LogP contribution in [0.15, 0.2) is 36.8 Å². The summed E-state index contributed by atoms with van der Waals surface area (Å²) in [6.45, 7) is 5.15. The molecule has 8 nitrogen and oxygen atoms in total. The fraction of sp³-hybridized carbons (Fsp3) is 0.429. The first-order valence-corrected chi connectivity index (χ1v) is 10.2. The number of nitrogen functional groups attached to an aromatic ring is 1. The van der Waals surface area contributed by atoms with Crippen molar-refractivity contribution in [1.82, 2.24) is 14.5 Å². The summed E-state index contributed by atoms with van der Waals surface area (Å²) >= 11 is 5.82. The Labute approximate surface area is 182 Å². The molecule has 2 aromatic heterocycles. The van der Waals surface area contributed by atoms with Crippen molar-refractivity contribution in [3.63, 3.8) is 0 Å². The molecule has 0 bridgehead atoms. The van der Waals surface area contributed by atoms with Crippen molar-refractivity contribution in [3.8, 4) is 0 Å². The molecule has 2 aliphatic rings. The Bertz CT molecular complexity index is 1170. The largest absolute Gasteiger partial charge is 0.383 e. The number of ether oxygens (including phenoxy) is 3. The minimum atomic E-state index is -1.59. The highest BCUT2D eigenvalue weighted by Gasteiger charge is 2.60. The van der Waals surface area contributed by atoms with Gasteiger partial charge in [0, 0.05) is 6.20 Å². The number of nitrogens with zero attached hydrogens (tertiary/aromatic N) is 3. The number of hydrogen-bond donors (Lipinski definition) is 2. The number of fused-ring (bicyclic) bond motifs is 2. The third-order valence-corrected chi connectivity index (χ3v) is 6.21. The van der Waals surface area contributed by atoms with E-state index in [-0.39, 0.29) is 5.02 Å². The van der Waals surface area contributed by atoms with Gasteiger partial charge in [-0.15, -0.1) is 0 Å². The molecule has 10 heteroatoms. The van der Waals surface area contributed by atoms with Gasteiger partial charge < -0.3 is 29.6 Å². The van der Waals surface area contributed by atoms with Gasteiger partial charge in [0.15, 0.2) is 12.0 Å². The topological polar surface area (TPSA) is 105 Å². The first kappa shape index (κ1) is 20.6. The average molecular weight is 449 g/mol. The van der Waals surface area contributed by atoms with Crippen molar-refractivity contribution >= 4 is 28.5 Å². The molecular weight excluding hydrogens is 427 g/mol. The van der Waals surface area contributed by atoms with Gasteiger partial charge in [-0.25, -0.2) is 14.4 Å². The highest BCUT2D eigenvalue weighted by atomic mass is 35.5. The van der Waals surface area contributed by atoms with E-state index < -0.39 is 41.7 Å². The van der Waals surface area contributed by atoms with Gasteiger partial charge in [0.05, 0.1) is 10.4 Å². The van der Waals surface area contributed by atoms with Crippen molar-refractivity contribution in [2.45, 2.75) is 56.7 Å². The van der Waals surface area contributed by atoms with E-state index in [0.29, 0.717) is 22.4 Å². The van der Waals surface area contributed by atoms with Gasteiger partial charge in [-0.1, -0.05) is 17.7 Å². The van der Waals surface area contributed by atoms with E-state index in [1.807, 2.05) is 0 Å². The zero-order chi connectivity index (χ0) is 22.1. The Hall–Kier alpha value is -2.30. The predicted molar refractivity (Wildman–Crippen MR) is 111 cm³/mol. The van der Waals surface area contributed by atoms with Gasteiger partial charge in [0.25, 0.3) is 0 Å². The van der Waals surface area contributed by atoms with E-state index in [1.165, 1.54) is 18.5 Å². The molecule has 0 amide bonds. The summed E-state index contributed by atoms with van der Waals surface area (Å²) in [6.07, 6.45) is 0.473. The molecule has 3 N–H and O–H groups in total. The quantitative estimate of drug-likeness (QED) is 0.634. The Balaban J connectivity index is 1.58. The minimum Gasteiger partial charge on any atom is -0.383 e. The maximum Gasteiger partial charge on any atom is 0.164 e. The molecular formula is C21H22ClFN4O4. The van der Waals surface area contributed by atoms with Gasteiger partial charge in [-0.05, 0) is 44.5 Å². The molecule has 2 aliphatic heterocycles. The molecule has 5 atom stereocenters. The number of halogens is 2. The van der Waals surface area contributed by atoms with Crippen LogP contribution in [0.5, 0.6) is 0 Å². The number of aromatic nitrogens is 3. The summed E-state index contributed by atoms with van der Waals surface area (Å²) in [5.74, 6) is -1.17. The van der Waals surface area contributed by atoms with Gasteiger partial charge in [-0.3, -0.25) is 0 Å². The van der Waals surface area contributed by atoms with Crippen LogP contribution in [-0.4, -0.2) is 43.7 Å². The summed E-state index contributed by atoms with van der Waals surface area (Å²) in [7, 11) is 0. The molecule has 0 radical (unpaired) electrons. The molecule has 2 fully saturated rings. The van der Waals surface area contributed by atoms with Crippen LogP contribution in [0.1, 0.15) is 32.6 Å². The summed E-state index contributed by atoms with van der Waals surface area (Å²) in [4.78, 5) is 8.35. The van der Waals surface area contributed by atoms with Crippen LogP contribution in [-0.2, 0) is 19.8 Å². The monoisotopic (exact) mass is 448 g/mol. The molecule has 1 unspecified atom stereocenters. The number of hydrogen-bond acceptors (Lipinski definition) is 7. The molecule has 5 rings (SSSR count). The Kier molecular flexibility index (Phi) is 4.55. The van der Waals surface area contributed by atoms with Crippen molar-refractivity contribution in [2.75, 3.05) is 5.73 Å². The molecule has 4 heterocycles. The van der Waals surface area contributed by atoms with E-state index >= 15 is 0 Å². The van der Waals surface area contributed by atoms with Crippen LogP contribution in [0.2, 0.25) is 5.02 Å². The Morgan fingerprint density at radius 1 is 1.23 bits per heavy atom. The number of nitrogens with two attached hydrogens (primary N) is 1. The highest BCUT2D eigenvalue weighted by molar-refractivity contribution is 6.30. The van der Waals surface area contributed by atoms with Crippen LogP contribution >= 0.6 is 11.6 Å². The molecule has 0 saturated carbocycles. The fourth-order valence-electron chi connectivity index (χ4n) is 4.42. The summed E-state index contributed by atoms with van der Waals surface area (Å²) < 4.78 is 34.5. The van der Waals surface area contributed by atoms with E-state index in [9.17, 15) is 9.50 Å². The zero-order valence-electron chi connectivity index (χ0n) is 17.1. The van der Waals surface area contributed by atoms with Crippen LogP contribution in [0.4, 0.5) is 10.2 Å². The van der Waals surface area contributed by atoms with Crippen molar-refractivity contribution in [1.29, 1.82) is 0 Å². The molecule has 1 aromatic carbocycles. The molecule has 31 heavy (non-hydrogen) atoms. The van der Waals surface area contributed by atoms with Crippen LogP contribution < -0.4 is 5.73 Å². The molecule has 0 aliphatic carbocycles. The number of anilines is 1. The minimum absolute atomic E-state index is 0.0275. The van der Waals surface area contributed by atoms with E-state index in [1.54, 1.807) is 43.7 Å². The van der Waals surface area contributed by atoms with Crippen LogP contribution in [0.3, 0.4) is 0 Å². The second-order valence-corrected chi connectivity index (χ2v) is 8.91. The second kappa shape index (κ2) is 6.85. The van der Waals surface area contributed by atoms with Crippen LogP contribution in [0, 0.1) is 5.82 Å². The maximum absolute atomic E-state index is 14.1. The highest BCUT2D eigenvalue weighted by Crippen LogP contribution is 2.49. The van der Waals surface area contributed by atoms with E-state index in [0.717, 1.165) is 0 Å². The Morgan fingerprint density at radius 2 is 1.97 bits per heavy atom. The number of benzene rings is 1. The number of rotatable bonds is 3. The molecule has 3 aromatic rings. The lowest BCUT2D eigenvalue weighted by Crippen LogP contribution is -2.45. The van der Waals surface area contributed by atoms with Gasteiger partial charge >= 0.3 is 0 Å². The van der Waals surface area contributed by atoms with Crippen molar-refractivity contribution < 1.29 is 23.7 Å². The van der Waals surface area contributed by atoms with Gasteiger partial charge in [-0.2, -0.15) is 0 Å². The Morgan fingerprint density at radius 3 is 2.71 bits per heavy atom. The first-order chi connectivity index (χ1) is 14.6. The lowest BCUT2D eigenvalue weighted by atomic mass is 9.86. The number of aliphatic hydroxyl groups is 1. The van der Waals surface area contributed by atoms with Crippen LogP contribution in [0.25, 0.3) is 11.0 Å². The normalized spacial score (nSPS) is 29.2. The van der Waals surface area contributed by atoms with E-state index in [2.05, 4.69) is 9.97 Å².